The Kier molecular flexibility index (Phi) is 4.98. The highest BCUT2D eigenvalue weighted by atomic mass is 35.5. The second-order valence-corrected chi connectivity index (χ2v) is 3.30. The summed E-state index contributed by atoms with van der Waals surface area (Å²) in [5.41, 5.74) is 0.566. The summed E-state index contributed by atoms with van der Waals surface area (Å²) in [6.45, 7) is 0.516. The average Bonchev–Trinajstić information content (AvgIpc) is 2.29. The molecule has 1 rings (SSSR count). The van der Waals surface area contributed by atoms with Crippen molar-refractivity contribution in [3.8, 4) is 11.5 Å². The standard InChI is InChI=1S/C11H13ClO3/c1-14-10-4-3-9(8-13)7-11(10)15-6-2-5-12/h3-4,7-8H,2,5-6H2,1H3. The van der Waals surface area contributed by atoms with Crippen LogP contribution in [0.4, 0.5) is 0 Å². The van der Waals surface area contributed by atoms with E-state index in [1.165, 1.54) is 0 Å². The Morgan fingerprint density at radius 2 is 2.20 bits per heavy atom. The topological polar surface area (TPSA) is 35.5 Å². The molecule has 0 aliphatic carbocycles. The van der Waals surface area contributed by atoms with Gasteiger partial charge in [0.2, 0.25) is 0 Å². The molecule has 0 atom stereocenters. The van der Waals surface area contributed by atoms with Crippen LogP contribution in [0, 0.1) is 0 Å². The number of methoxy groups -OCH3 is 1. The molecule has 0 aliphatic heterocycles. The highest BCUT2D eigenvalue weighted by molar-refractivity contribution is 6.17. The summed E-state index contributed by atoms with van der Waals surface area (Å²) in [6.07, 6.45) is 1.53. The molecule has 1 aromatic carbocycles. The molecule has 0 amide bonds. The third-order valence-corrected chi connectivity index (χ3v) is 2.13. The quantitative estimate of drug-likeness (QED) is 0.426. The first-order valence-corrected chi connectivity index (χ1v) is 5.17. The monoisotopic (exact) mass is 228 g/mol. The van der Waals surface area contributed by atoms with Crippen LogP contribution in [0.15, 0.2) is 18.2 Å². The van der Waals surface area contributed by atoms with Crippen molar-refractivity contribution < 1.29 is 14.3 Å². The minimum Gasteiger partial charge on any atom is -0.493 e. The summed E-state index contributed by atoms with van der Waals surface area (Å²) in [6, 6.07) is 5.04. The lowest BCUT2D eigenvalue weighted by atomic mass is 10.2. The second-order valence-electron chi connectivity index (χ2n) is 2.92. The zero-order valence-electron chi connectivity index (χ0n) is 8.53. The van der Waals surface area contributed by atoms with Crippen LogP contribution in [0.25, 0.3) is 0 Å². The van der Waals surface area contributed by atoms with Gasteiger partial charge < -0.3 is 9.47 Å². The maximum atomic E-state index is 10.6. The fourth-order valence-electron chi connectivity index (χ4n) is 1.12. The SMILES string of the molecule is COc1ccc(C=O)cc1OCCCCl. The lowest BCUT2D eigenvalue weighted by Gasteiger charge is -2.10. The van der Waals surface area contributed by atoms with Gasteiger partial charge in [0.05, 0.1) is 13.7 Å². The van der Waals surface area contributed by atoms with E-state index in [4.69, 9.17) is 21.1 Å². The van der Waals surface area contributed by atoms with Gasteiger partial charge in [0, 0.05) is 11.4 Å². The Morgan fingerprint density at radius 3 is 2.80 bits per heavy atom. The van der Waals surface area contributed by atoms with E-state index in [0.717, 1.165) is 12.7 Å². The number of hydrogen-bond donors (Lipinski definition) is 0. The van der Waals surface area contributed by atoms with E-state index in [9.17, 15) is 4.79 Å². The molecular weight excluding hydrogens is 216 g/mol. The first-order valence-electron chi connectivity index (χ1n) is 4.63. The van der Waals surface area contributed by atoms with Crippen LogP contribution in [0.5, 0.6) is 11.5 Å². The van der Waals surface area contributed by atoms with E-state index < -0.39 is 0 Å². The van der Waals surface area contributed by atoms with E-state index in [1.54, 1.807) is 25.3 Å². The molecule has 0 bridgehead atoms. The third kappa shape index (κ3) is 3.44. The predicted octanol–water partition coefficient (Wildman–Crippen LogP) is 2.52. The highest BCUT2D eigenvalue weighted by Crippen LogP contribution is 2.27. The molecule has 0 heterocycles. The minimum atomic E-state index is 0.516. The van der Waals surface area contributed by atoms with E-state index in [2.05, 4.69) is 0 Å². The number of benzene rings is 1. The fourth-order valence-corrected chi connectivity index (χ4v) is 1.23. The van der Waals surface area contributed by atoms with Crippen molar-refractivity contribution in [1.29, 1.82) is 0 Å². The lowest BCUT2D eigenvalue weighted by Crippen LogP contribution is -2.00. The molecular formula is C11H13ClO3. The molecule has 4 heteroatoms. The molecule has 1 aromatic rings. The van der Waals surface area contributed by atoms with Crippen molar-refractivity contribution in [2.75, 3.05) is 19.6 Å². The predicted molar refractivity (Wildman–Crippen MR) is 59.2 cm³/mol. The van der Waals surface area contributed by atoms with Gasteiger partial charge in [-0.25, -0.2) is 0 Å². The fraction of sp³-hybridized carbons (Fsp3) is 0.364. The van der Waals surface area contributed by atoms with E-state index in [-0.39, 0.29) is 0 Å². The molecule has 15 heavy (non-hydrogen) atoms. The zero-order chi connectivity index (χ0) is 11.1. The molecule has 0 aromatic heterocycles. The number of alkyl halides is 1. The Bertz CT molecular complexity index is 326. The van der Waals surface area contributed by atoms with E-state index in [0.29, 0.717) is 29.5 Å². The highest BCUT2D eigenvalue weighted by Gasteiger charge is 2.04. The number of hydrogen-bond acceptors (Lipinski definition) is 3. The summed E-state index contributed by atoms with van der Waals surface area (Å²) < 4.78 is 10.5. The van der Waals surface area contributed by atoms with Crippen LogP contribution in [0.3, 0.4) is 0 Å². The van der Waals surface area contributed by atoms with Crippen LogP contribution >= 0.6 is 11.6 Å². The number of ether oxygens (including phenoxy) is 2. The molecule has 0 unspecified atom stereocenters. The smallest absolute Gasteiger partial charge is 0.161 e. The summed E-state index contributed by atoms with van der Waals surface area (Å²) in [4.78, 5) is 10.6. The van der Waals surface area contributed by atoms with Crippen molar-refractivity contribution in [1.82, 2.24) is 0 Å². The van der Waals surface area contributed by atoms with Crippen LogP contribution in [0.2, 0.25) is 0 Å². The van der Waals surface area contributed by atoms with Crippen molar-refractivity contribution in [2.24, 2.45) is 0 Å². The first kappa shape index (κ1) is 11.9. The Labute approximate surface area is 93.9 Å². The van der Waals surface area contributed by atoms with Gasteiger partial charge in [0.15, 0.2) is 11.5 Å². The normalized spacial score (nSPS) is 9.73. The number of carbonyl (C=O) groups is 1. The molecule has 0 fully saturated rings. The van der Waals surface area contributed by atoms with Crippen molar-refractivity contribution in [3.05, 3.63) is 23.8 Å². The maximum absolute atomic E-state index is 10.6. The third-order valence-electron chi connectivity index (χ3n) is 1.86. The largest absolute Gasteiger partial charge is 0.493 e. The zero-order valence-corrected chi connectivity index (χ0v) is 9.29. The molecule has 0 aliphatic rings. The van der Waals surface area contributed by atoms with Gasteiger partial charge in [-0.3, -0.25) is 4.79 Å². The van der Waals surface area contributed by atoms with Gasteiger partial charge in [-0.05, 0) is 24.6 Å². The number of carbonyl (C=O) groups excluding carboxylic acids is 1. The summed E-state index contributed by atoms with van der Waals surface area (Å²) >= 11 is 5.53. The Balaban J connectivity index is 2.76. The van der Waals surface area contributed by atoms with Crippen molar-refractivity contribution in [2.45, 2.75) is 6.42 Å². The number of rotatable bonds is 6. The molecule has 0 radical (unpaired) electrons. The maximum Gasteiger partial charge on any atom is 0.161 e. The van der Waals surface area contributed by atoms with Gasteiger partial charge in [0.25, 0.3) is 0 Å². The van der Waals surface area contributed by atoms with Gasteiger partial charge in [-0.15, -0.1) is 11.6 Å². The van der Waals surface area contributed by atoms with Gasteiger partial charge in [-0.2, -0.15) is 0 Å². The Hall–Kier alpha value is -1.22. The van der Waals surface area contributed by atoms with E-state index in [1.807, 2.05) is 0 Å². The molecule has 0 saturated carbocycles. The Morgan fingerprint density at radius 1 is 1.40 bits per heavy atom. The molecule has 0 spiro atoms. The summed E-state index contributed by atoms with van der Waals surface area (Å²) in [5.74, 6) is 1.75. The van der Waals surface area contributed by atoms with Crippen LogP contribution in [-0.4, -0.2) is 25.9 Å². The van der Waals surface area contributed by atoms with Gasteiger partial charge >= 0.3 is 0 Å². The van der Waals surface area contributed by atoms with E-state index >= 15 is 0 Å². The van der Waals surface area contributed by atoms with Gasteiger partial charge in [0.1, 0.15) is 6.29 Å². The second kappa shape index (κ2) is 6.30. The number of aldehydes is 1. The molecule has 82 valence electrons. The molecule has 0 saturated heterocycles. The first-order chi connectivity index (χ1) is 7.31. The van der Waals surface area contributed by atoms with Gasteiger partial charge in [-0.1, -0.05) is 0 Å². The average molecular weight is 229 g/mol. The van der Waals surface area contributed by atoms with Crippen LogP contribution in [0.1, 0.15) is 16.8 Å². The molecule has 3 nitrogen and oxygen atoms in total. The lowest BCUT2D eigenvalue weighted by molar-refractivity contribution is 0.112. The minimum absolute atomic E-state index is 0.516. The molecule has 0 N–H and O–H groups in total. The van der Waals surface area contributed by atoms with Crippen LogP contribution < -0.4 is 9.47 Å². The van der Waals surface area contributed by atoms with Crippen LogP contribution in [-0.2, 0) is 0 Å². The van der Waals surface area contributed by atoms with Crippen molar-refractivity contribution in [3.63, 3.8) is 0 Å². The summed E-state index contributed by atoms with van der Waals surface area (Å²) in [5, 5.41) is 0. The number of halogens is 1. The summed E-state index contributed by atoms with van der Waals surface area (Å²) in [7, 11) is 1.56. The van der Waals surface area contributed by atoms with Crippen molar-refractivity contribution >= 4 is 17.9 Å².